The van der Waals surface area contributed by atoms with E-state index in [-0.39, 0.29) is 5.76 Å². The summed E-state index contributed by atoms with van der Waals surface area (Å²) in [5.41, 5.74) is 2.07. The van der Waals surface area contributed by atoms with Gasteiger partial charge in [-0.1, -0.05) is 13.8 Å². The Morgan fingerprint density at radius 1 is 1.30 bits per heavy atom. The molecule has 112 valence electrons. The van der Waals surface area contributed by atoms with Crippen molar-refractivity contribution in [3.05, 3.63) is 23.7 Å². The van der Waals surface area contributed by atoms with Gasteiger partial charge in [-0.05, 0) is 18.1 Å². The normalized spacial score (nSPS) is 17.6. The number of hydrazine groups is 1. The number of nitrogen functional groups attached to an aromatic ring is 1. The molecule has 1 aromatic heterocycles. The third-order valence-electron chi connectivity index (χ3n) is 3.48. The second-order valence-corrected chi connectivity index (χ2v) is 5.71. The molecule has 2 rings (SSSR count). The van der Waals surface area contributed by atoms with Gasteiger partial charge < -0.3 is 9.32 Å². The fourth-order valence-corrected chi connectivity index (χ4v) is 2.52. The van der Waals surface area contributed by atoms with Crippen LogP contribution in [0.25, 0.3) is 0 Å². The van der Waals surface area contributed by atoms with Gasteiger partial charge >= 0.3 is 5.91 Å². The second-order valence-electron chi connectivity index (χ2n) is 5.71. The monoisotopic (exact) mass is 280 g/mol. The van der Waals surface area contributed by atoms with Crippen LogP contribution in [0.4, 0.5) is 0 Å². The number of rotatable bonds is 5. The van der Waals surface area contributed by atoms with Crippen molar-refractivity contribution < 1.29 is 9.21 Å². The fourth-order valence-electron chi connectivity index (χ4n) is 2.52. The molecule has 0 aromatic carbocycles. The van der Waals surface area contributed by atoms with E-state index in [1.54, 1.807) is 6.07 Å². The fraction of sp³-hybridized carbons (Fsp3) is 0.643. The van der Waals surface area contributed by atoms with Crippen LogP contribution in [0, 0.1) is 5.92 Å². The highest BCUT2D eigenvalue weighted by atomic mass is 16.4. The van der Waals surface area contributed by atoms with Crippen molar-refractivity contribution >= 4 is 5.91 Å². The molecule has 0 bridgehead atoms. The first-order valence-electron chi connectivity index (χ1n) is 7.13. The summed E-state index contributed by atoms with van der Waals surface area (Å²) in [4.78, 5) is 16.2. The third-order valence-corrected chi connectivity index (χ3v) is 3.48. The smallest absolute Gasteiger partial charge is 0.300 e. The first-order chi connectivity index (χ1) is 9.58. The Kier molecular flexibility index (Phi) is 5.17. The number of amides is 1. The standard InChI is InChI=1S/C14H24N4O2/c1-11(2)9-17-5-7-18(8-6-17)10-12-3-4-13(20-12)14(19)16-15/h3-4,11H,5-10,15H2,1-2H3,(H,16,19). The van der Waals surface area contributed by atoms with Crippen LogP contribution in [0.2, 0.25) is 0 Å². The van der Waals surface area contributed by atoms with Crippen LogP contribution in [0.5, 0.6) is 0 Å². The number of hydrogen-bond acceptors (Lipinski definition) is 5. The van der Waals surface area contributed by atoms with Crippen LogP contribution < -0.4 is 11.3 Å². The first kappa shape index (κ1) is 15.0. The van der Waals surface area contributed by atoms with Crippen molar-refractivity contribution in [2.75, 3.05) is 32.7 Å². The van der Waals surface area contributed by atoms with Crippen LogP contribution in [-0.2, 0) is 6.54 Å². The van der Waals surface area contributed by atoms with Crippen molar-refractivity contribution in [2.45, 2.75) is 20.4 Å². The van der Waals surface area contributed by atoms with Crippen LogP contribution in [0.1, 0.15) is 30.2 Å². The van der Waals surface area contributed by atoms with Crippen molar-refractivity contribution in [2.24, 2.45) is 11.8 Å². The number of nitrogens with zero attached hydrogens (tertiary/aromatic N) is 2. The molecule has 6 heteroatoms. The summed E-state index contributed by atoms with van der Waals surface area (Å²) in [5, 5.41) is 0. The molecule has 1 fully saturated rings. The maximum Gasteiger partial charge on any atom is 0.300 e. The molecule has 20 heavy (non-hydrogen) atoms. The van der Waals surface area contributed by atoms with E-state index < -0.39 is 5.91 Å². The Balaban J connectivity index is 1.80. The lowest BCUT2D eigenvalue weighted by Gasteiger charge is -2.35. The lowest BCUT2D eigenvalue weighted by atomic mass is 10.2. The lowest BCUT2D eigenvalue weighted by molar-refractivity contribution is 0.0914. The van der Waals surface area contributed by atoms with Gasteiger partial charge in [0.05, 0.1) is 6.54 Å². The van der Waals surface area contributed by atoms with E-state index in [9.17, 15) is 4.79 Å². The van der Waals surface area contributed by atoms with E-state index in [1.165, 1.54) is 0 Å². The van der Waals surface area contributed by atoms with E-state index >= 15 is 0 Å². The van der Waals surface area contributed by atoms with Gasteiger partial charge in [0, 0.05) is 32.7 Å². The average molecular weight is 280 g/mol. The Morgan fingerprint density at radius 3 is 2.55 bits per heavy atom. The molecule has 1 aliphatic rings. The number of furan rings is 1. The maximum absolute atomic E-state index is 11.3. The summed E-state index contributed by atoms with van der Waals surface area (Å²) in [6.45, 7) is 10.7. The number of carbonyl (C=O) groups is 1. The zero-order valence-electron chi connectivity index (χ0n) is 12.3. The summed E-state index contributed by atoms with van der Waals surface area (Å²) >= 11 is 0. The Bertz CT molecular complexity index is 436. The van der Waals surface area contributed by atoms with Crippen molar-refractivity contribution in [3.8, 4) is 0 Å². The number of nitrogens with one attached hydrogen (secondary N) is 1. The Labute approximate surface area is 119 Å². The highest BCUT2D eigenvalue weighted by molar-refractivity contribution is 5.90. The Morgan fingerprint density at radius 2 is 1.95 bits per heavy atom. The summed E-state index contributed by atoms with van der Waals surface area (Å²) < 4.78 is 5.48. The van der Waals surface area contributed by atoms with Gasteiger partial charge in [-0.25, -0.2) is 5.84 Å². The molecule has 0 radical (unpaired) electrons. The van der Waals surface area contributed by atoms with Gasteiger partial charge in [-0.15, -0.1) is 0 Å². The van der Waals surface area contributed by atoms with E-state index in [2.05, 4.69) is 29.1 Å². The minimum atomic E-state index is -0.391. The van der Waals surface area contributed by atoms with Crippen LogP contribution in [-0.4, -0.2) is 48.4 Å². The van der Waals surface area contributed by atoms with Crippen molar-refractivity contribution in [1.29, 1.82) is 0 Å². The highest BCUT2D eigenvalue weighted by Crippen LogP contribution is 2.13. The molecule has 1 amide bonds. The zero-order chi connectivity index (χ0) is 14.5. The predicted octanol–water partition coefficient (Wildman–Crippen LogP) is 0.657. The predicted molar refractivity (Wildman–Crippen MR) is 76.9 cm³/mol. The van der Waals surface area contributed by atoms with E-state index in [4.69, 9.17) is 10.3 Å². The molecule has 0 aliphatic carbocycles. The van der Waals surface area contributed by atoms with Gasteiger partial charge in [0.1, 0.15) is 5.76 Å². The van der Waals surface area contributed by atoms with Crippen LogP contribution in [0.3, 0.4) is 0 Å². The molecule has 1 aromatic rings. The summed E-state index contributed by atoms with van der Waals surface area (Å²) in [5.74, 6) is 6.47. The minimum Gasteiger partial charge on any atom is -0.455 e. The van der Waals surface area contributed by atoms with E-state index in [1.807, 2.05) is 6.07 Å². The SMILES string of the molecule is CC(C)CN1CCN(Cc2ccc(C(=O)NN)o2)CC1. The molecule has 1 aliphatic heterocycles. The molecular formula is C14H24N4O2. The van der Waals surface area contributed by atoms with Gasteiger partial charge in [-0.2, -0.15) is 0 Å². The highest BCUT2D eigenvalue weighted by Gasteiger charge is 2.19. The lowest BCUT2D eigenvalue weighted by Crippen LogP contribution is -2.46. The average Bonchev–Trinajstić information content (AvgIpc) is 2.88. The third kappa shape index (κ3) is 4.06. The Hall–Kier alpha value is -1.37. The summed E-state index contributed by atoms with van der Waals surface area (Å²) in [7, 11) is 0. The van der Waals surface area contributed by atoms with Gasteiger partial charge in [-0.3, -0.25) is 15.1 Å². The second kappa shape index (κ2) is 6.88. The van der Waals surface area contributed by atoms with Crippen molar-refractivity contribution in [3.63, 3.8) is 0 Å². The molecule has 2 heterocycles. The molecule has 0 unspecified atom stereocenters. The van der Waals surface area contributed by atoms with Gasteiger partial charge in [0.15, 0.2) is 5.76 Å². The minimum absolute atomic E-state index is 0.265. The van der Waals surface area contributed by atoms with E-state index in [0.29, 0.717) is 5.92 Å². The number of hydrogen-bond donors (Lipinski definition) is 2. The maximum atomic E-state index is 11.3. The topological polar surface area (TPSA) is 74.7 Å². The molecule has 6 nitrogen and oxygen atoms in total. The molecule has 0 saturated carbocycles. The van der Waals surface area contributed by atoms with Crippen LogP contribution in [0.15, 0.2) is 16.5 Å². The van der Waals surface area contributed by atoms with Crippen LogP contribution >= 0.6 is 0 Å². The molecule has 3 N–H and O–H groups in total. The van der Waals surface area contributed by atoms with E-state index in [0.717, 1.165) is 45.0 Å². The largest absolute Gasteiger partial charge is 0.455 e. The summed E-state index contributed by atoms with van der Waals surface area (Å²) in [6, 6.07) is 3.50. The number of carbonyl (C=O) groups excluding carboxylic acids is 1. The van der Waals surface area contributed by atoms with Crippen molar-refractivity contribution in [1.82, 2.24) is 15.2 Å². The van der Waals surface area contributed by atoms with Gasteiger partial charge in [0.25, 0.3) is 0 Å². The molecule has 1 saturated heterocycles. The number of piperazine rings is 1. The van der Waals surface area contributed by atoms with Gasteiger partial charge in [0.2, 0.25) is 0 Å². The molecular weight excluding hydrogens is 256 g/mol. The summed E-state index contributed by atoms with van der Waals surface area (Å²) in [6.07, 6.45) is 0. The molecule has 0 atom stereocenters. The quantitative estimate of drug-likeness (QED) is 0.471. The first-order valence-corrected chi connectivity index (χ1v) is 7.13. The molecule has 0 spiro atoms. The zero-order valence-corrected chi connectivity index (χ0v) is 12.3. The number of nitrogens with two attached hydrogens (primary N) is 1.